The molecule has 3 rings (SSSR count). The molecule has 0 N–H and O–H groups in total. The van der Waals surface area contributed by atoms with Gasteiger partial charge in [-0.3, -0.25) is 0 Å². The smallest absolute Gasteiger partial charge is 0.348 e. The van der Waals surface area contributed by atoms with E-state index in [1.165, 1.54) is 16.9 Å². The molecule has 0 spiro atoms. The lowest BCUT2D eigenvalue weighted by Gasteiger charge is -1.96. The van der Waals surface area contributed by atoms with Crippen LogP contribution in [0.15, 0.2) is 48.5 Å². The largest absolute Gasteiger partial charge is 0.462 e. The average molecular weight is 352 g/mol. The van der Waals surface area contributed by atoms with Gasteiger partial charge in [0.15, 0.2) is 0 Å². The first-order valence-corrected chi connectivity index (χ1v) is 9.25. The summed E-state index contributed by atoms with van der Waals surface area (Å²) in [6.07, 6.45) is 0. The van der Waals surface area contributed by atoms with Gasteiger partial charge in [-0.15, -0.1) is 22.7 Å². The van der Waals surface area contributed by atoms with E-state index >= 15 is 0 Å². The summed E-state index contributed by atoms with van der Waals surface area (Å²) in [5.74, 6) is 6.19. The van der Waals surface area contributed by atoms with Crippen molar-refractivity contribution in [3.63, 3.8) is 0 Å². The Morgan fingerprint density at radius 3 is 2.54 bits per heavy atom. The number of hydrogen-bond donors (Lipinski definition) is 0. The van der Waals surface area contributed by atoms with E-state index in [1.807, 2.05) is 49.4 Å². The Kier molecular flexibility index (Phi) is 5.14. The van der Waals surface area contributed by atoms with Crippen molar-refractivity contribution in [2.24, 2.45) is 0 Å². The summed E-state index contributed by atoms with van der Waals surface area (Å²) >= 11 is 3.09. The second-order valence-electron chi connectivity index (χ2n) is 5.11. The maximum atomic E-state index is 11.8. The Bertz CT molecular complexity index is 922. The second-order valence-corrected chi connectivity index (χ2v) is 7.28. The number of benzene rings is 1. The van der Waals surface area contributed by atoms with Crippen LogP contribution in [0.2, 0.25) is 0 Å². The van der Waals surface area contributed by atoms with Crippen LogP contribution >= 0.6 is 22.7 Å². The molecule has 4 heteroatoms. The molecule has 3 aromatic rings. The number of rotatable bonds is 3. The normalized spacial score (nSPS) is 10.1. The molecule has 2 nitrogen and oxygen atoms in total. The molecule has 24 heavy (non-hydrogen) atoms. The lowest BCUT2D eigenvalue weighted by molar-refractivity contribution is 0.0532. The van der Waals surface area contributed by atoms with E-state index < -0.39 is 0 Å². The molecule has 0 aliphatic carbocycles. The summed E-state index contributed by atoms with van der Waals surface area (Å²) in [7, 11) is 0. The Labute approximate surface area is 149 Å². The monoisotopic (exact) mass is 352 g/mol. The summed E-state index contributed by atoms with van der Waals surface area (Å²) in [5.41, 5.74) is 2.23. The minimum absolute atomic E-state index is 0.259. The van der Waals surface area contributed by atoms with Crippen molar-refractivity contribution < 1.29 is 9.53 Å². The van der Waals surface area contributed by atoms with Gasteiger partial charge in [-0.2, -0.15) is 0 Å². The van der Waals surface area contributed by atoms with Crippen molar-refractivity contribution in [1.82, 2.24) is 0 Å². The lowest BCUT2D eigenvalue weighted by Crippen LogP contribution is -2.01. The zero-order chi connectivity index (χ0) is 16.9. The van der Waals surface area contributed by atoms with Crippen molar-refractivity contribution in [3.05, 3.63) is 69.4 Å². The van der Waals surface area contributed by atoms with Gasteiger partial charge in [0.2, 0.25) is 0 Å². The van der Waals surface area contributed by atoms with Gasteiger partial charge >= 0.3 is 5.97 Å². The number of aryl methyl sites for hydroxylation is 1. The highest BCUT2D eigenvalue weighted by molar-refractivity contribution is 7.23. The Morgan fingerprint density at radius 1 is 1.00 bits per heavy atom. The highest BCUT2D eigenvalue weighted by atomic mass is 32.1. The van der Waals surface area contributed by atoms with Crippen LogP contribution in [0.3, 0.4) is 0 Å². The average Bonchev–Trinajstić information content (AvgIpc) is 3.23. The van der Waals surface area contributed by atoms with Crippen LogP contribution in [0.25, 0.3) is 9.75 Å². The highest BCUT2D eigenvalue weighted by Crippen LogP contribution is 2.33. The fraction of sp³-hybridized carbons (Fsp3) is 0.150. The van der Waals surface area contributed by atoms with Gasteiger partial charge in [-0.1, -0.05) is 30.0 Å². The van der Waals surface area contributed by atoms with Crippen molar-refractivity contribution in [1.29, 1.82) is 0 Å². The van der Waals surface area contributed by atoms with E-state index in [2.05, 4.69) is 24.8 Å². The molecule has 0 aliphatic heterocycles. The van der Waals surface area contributed by atoms with Crippen molar-refractivity contribution in [2.45, 2.75) is 13.8 Å². The van der Waals surface area contributed by atoms with Gasteiger partial charge in [-0.25, -0.2) is 4.79 Å². The van der Waals surface area contributed by atoms with E-state index in [1.54, 1.807) is 11.3 Å². The number of thiophene rings is 2. The van der Waals surface area contributed by atoms with Gasteiger partial charge < -0.3 is 4.74 Å². The molecule has 0 atom stereocenters. The third-order valence-corrected chi connectivity index (χ3v) is 5.66. The van der Waals surface area contributed by atoms with Crippen molar-refractivity contribution >= 4 is 28.6 Å². The SMILES string of the molecule is CCOC(=O)c1ccc(-c2ccc(C#Cc3ccccc3C)s2)s1. The fourth-order valence-electron chi connectivity index (χ4n) is 2.16. The van der Waals surface area contributed by atoms with E-state index in [-0.39, 0.29) is 5.97 Å². The van der Waals surface area contributed by atoms with Crippen LogP contribution in [0.1, 0.15) is 32.6 Å². The standard InChI is InChI=1S/C20H16O2S2/c1-3-22-20(21)19-13-12-18(24-19)17-11-10-16(23-17)9-8-15-7-5-4-6-14(15)2/h4-7,10-13H,3H2,1-2H3. The van der Waals surface area contributed by atoms with Crippen LogP contribution in [0, 0.1) is 18.8 Å². The molecule has 1 aromatic carbocycles. The van der Waals surface area contributed by atoms with E-state index in [4.69, 9.17) is 4.74 Å². The topological polar surface area (TPSA) is 26.3 Å². The molecule has 0 unspecified atom stereocenters. The predicted molar refractivity (Wildman–Crippen MR) is 101 cm³/mol. The quantitative estimate of drug-likeness (QED) is 0.468. The zero-order valence-electron chi connectivity index (χ0n) is 13.5. The number of ether oxygens (including phenoxy) is 1. The van der Waals surface area contributed by atoms with Gasteiger partial charge in [0.1, 0.15) is 4.88 Å². The molecule has 120 valence electrons. The molecule has 0 fully saturated rings. The highest BCUT2D eigenvalue weighted by Gasteiger charge is 2.12. The molecule has 0 saturated heterocycles. The summed E-state index contributed by atoms with van der Waals surface area (Å²) in [6.45, 7) is 4.27. The predicted octanol–water partition coefficient (Wildman–Crippen LogP) is 5.36. The maximum Gasteiger partial charge on any atom is 0.348 e. The van der Waals surface area contributed by atoms with Crippen LogP contribution < -0.4 is 0 Å². The molecular formula is C20H16O2S2. The molecule has 2 aromatic heterocycles. The molecule has 2 heterocycles. The number of carbonyl (C=O) groups is 1. The lowest BCUT2D eigenvalue weighted by atomic mass is 10.1. The van der Waals surface area contributed by atoms with E-state index in [0.29, 0.717) is 11.5 Å². The molecule has 0 radical (unpaired) electrons. The van der Waals surface area contributed by atoms with E-state index in [0.717, 1.165) is 20.2 Å². The summed E-state index contributed by atoms with van der Waals surface area (Å²) in [4.78, 5) is 15.6. The minimum Gasteiger partial charge on any atom is -0.462 e. The third kappa shape index (κ3) is 3.76. The minimum atomic E-state index is -0.259. The molecule has 0 saturated carbocycles. The van der Waals surface area contributed by atoms with Crippen LogP contribution in [-0.2, 0) is 4.74 Å². The first kappa shape index (κ1) is 16.5. The zero-order valence-corrected chi connectivity index (χ0v) is 15.1. The Morgan fingerprint density at radius 2 is 1.75 bits per heavy atom. The van der Waals surface area contributed by atoms with Gasteiger partial charge in [0.05, 0.1) is 11.5 Å². The molecule has 0 aliphatic rings. The first-order chi connectivity index (χ1) is 11.7. The number of esters is 1. The number of carbonyl (C=O) groups excluding carboxylic acids is 1. The summed E-state index contributed by atoms with van der Waals surface area (Å²) in [5, 5.41) is 0. The molecule has 0 bridgehead atoms. The third-order valence-electron chi connectivity index (χ3n) is 3.40. The maximum absolute atomic E-state index is 11.8. The molecular weight excluding hydrogens is 336 g/mol. The summed E-state index contributed by atoms with van der Waals surface area (Å²) < 4.78 is 5.03. The van der Waals surface area contributed by atoms with Gasteiger partial charge in [0.25, 0.3) is 0 Å². The molecule has 0 amide bonds. The van der Waals surface area contributed by atoms with Gasteiger partial charge in [-0.05, 0) is 49.7 Å². The van der Waals surface area contributed by atoms with Crippen LogP contribution in [0.5, 0.6) is 0 Å². The van der Waals surface area contributed by atoms with Gasteiger partial charge in [0, 0.05) is 15.3 Å². The first-order valence-electron chi connectivity index (χ1n) is 7.62. The van der Waals surface area contributed by atoms with Crippen LogP contribution in [0.4, 0.5) is 0 Å². The Balaban J connectivity index is 1.79. The Hall–Kier alpha value is -2.35. The second kappa shape index (κ2) is 7.48. The fourth-order valence-corrected chi connectivity index (χ4v) is 4.01. The van der Waals surface area contributed by atoms with Crippen LogP contribution in [-0.4, -0.2) is 12.6 Å². The van der Waals surface area contributed by atoms with E-state index in [9.17, 15) is 4.79 Å². The van der Waals surface area contributed by atoms with Crippen molar-refractivity contribution in [2.75, 3.05) is 6.61 Å². The summed E-state index contributed by atoms with van der Waals surface area (Å²) in [6, 6.07) is 16.0. The number of hydrogen-bond acceptors (Lipinski definition) is 4. The van der Waals surface area contributed by atoms with Crippen molar-refractivity contribution in [3.8, 4) is 21.6 Å².